The van der Waals surface area contributed by atoms with Gasteiger partial charge in [-0.1, -0.05) is 66.7 Å². The fourth-order valence-electron chi connectivity index (χ4n) is 3.14. The van der Waals surface area contributed by atoms with Crippen molar-refractivity contribution in [1.82, 2.24) is 10.3 Å². The number of hydrogen-bond donors (Lipinski definition) is 1. The molecule has 0 aliphatic heterocycles. The van der Waals surface area contributed by atoms with Crippen molar-refractivity contribution in [2.45, 2.75) is 19.3 Å². The quantitative estimate of drug-likeness (QED) is 0.431. The molecule has 0 saturated heterocycles. The van der Waals surface area contributed by atoms with Crippen molar-refractivity contribution in [3.05, 3.63) is 88.9 Å². The number of nitrogens with one attached hydrogen (secondary N) is 1. The van der Waals surface area contributed by atoms with Gasteiger partial charge in [-0.15, -0.1) is 11.3 Å². The summed E-state index contributed by atoms with van der Waals surface area (Å²) >= 11 is 1.71. The molecule has 0 radical (unpaired) electrons. The highest BCUT2D eigenvalue weighted by Gasteiger charge is 2.17. The molecule has 29 heavy (non-hydrogen) atoms. The summed E-state index contributed by atoms with van der Waals surface area (Å²) in [5, 5.41) is 5.02. The summed E-state index contributed by atoms with van der Waals surface area (Å²) in [4.78, 5) is 18.2. The Kier molecular flexibility index (Phi) is 6.17. The fourth-order valence-corrected chi connectivity index (χ4v) is 3.85. The van der Waals surface area contributed by atoms with E-state index in [9.17, 15) is 4.79 Å². The second kappa shape index (κ2) is 9.34. The van der Waals surface area contributed by atoms with Crippen LogP contribution in [0.25, 0.3) is 22.6 Å². The number of carbonyl (C=O) groups excluding carboxylic acids is 1. The van der Waals surface area contributed by atoms with Crippen LogP contribution < -0.4 is 5.32 Å². The first-order valence-electron chi connectivity index (χ1n) is 9.69. The Morgan fingerprint density at radius 1 is 0.897 bits per heavy atom. The van der Waals surface area contributed by atoms with Crippen LogP contribution in [0.15, 0.2) is 82.6 Å². The summed E-state index contributed by atoms with van der Waals surface area (Å²) in [6.45, 7) is 0.648. The monoisotopic (exact) mass is 402 g/mol. The van der Waals surface area contributed by atoms with Crippen LogP contribution in [-0.4, -0.2) is 17.4 Å². The standard InChI is InChI=1S/C24H22N2O2S/c27-21(25-16-15-20-12-7-17-29-20)13-14-22-26-23(18-8-3-1-4-9-18)24(28-22)19-10-5-2-6-11-19/h1-12,17H,13-16H2,(H,25,27). The fraction of sp³-hybridized carbons (Fsp3) is 0.167. The van der Waals surface area contributed by atoms with Crippen molar-refractivity contribution >= 4 is 17.2 Å². The number of benzene rings is 2. The predicted octanol–water partition coefficient (Wildman–Crippen LogP) is 5.36. The zero-order valence-corrected chi connectivity index (χ0v) is 16.8. The minimum atomic E-state index is 0.0160. The van der Waals surface area contributed by atoms with Crippen LogP contribution in [0, 0.1) is 0 Å². The highest BCUT2D eigenvalue weighted by Crippen LogP contribution is 2.32. The number of thiophene rings is 1. The minimum Gasteiger partial charge on any atom is -0.440 e. The van der Waals surface area contributed by atoms with Gasteiger partial charge in [0.25, 0.3) is 0 Å². The third-order valence-electron chi connectivity index (χ3n) is 4.59. The van der Waals surface area contributed by atoms with Gasteiger partial charge < -0.3 is 9.73 Å². The summed E-state index contributed by atoms with van der Waals surface area (Å²) in [6, 6.07) is 24.0. The number of aryl methyl sites for hydroxylation is 1. The van der Waals surface area contributed by atoms with Crippen molar-refractivity contribution in [3.8, 4) is 22.6 Å². The molecule has 2 aromatic heterocycles. The number of nitrogens with zero attached hydrogens (tertiary/aromatic N) is 1. The molecule has 0 fully saturated rings. The van der Waals surface area contributed by atoms with Crippen LogP contribution in [0.4, 0.5) is 0 Å². The third kappa shape index (κ3) is 5.00. The van der Waals surface area contributed by atoms with Gasteiger partial charge in [-0.05, 0) is 17.9 Å². The zero-order valence-electron chi connectivity index (χ0n) is 16.0. The van der Waals surface area contributed by atoms with Gasteiger partial charge in [0.1, 0.15) is 5.69 Å². The van der Waals surface area contributed by atoms with Crippen molar-refractivity contribution in [3.63, 3.8) is 0 Å². The molecular formula is C24H22N2O2S. The molecule has 0 unspecified atom stereocenters. The van der Waals surface area contributed by atoms with Crippen LogP contribution in [0.3, 0.4) is 0 Å². The highest BCUT2D eigenvalue weighted by atomic mass is 32.1. The number of hydrogen-bond acceptors (Lipinski definition) is 4. The lowest BCUT2D eigenvalue weighted by Gasteiger charge is -2.03. The van der Waals surface area contributed by atoms with E-state index in [-0.39, 0.29) is 5.91 Å². The Hall–Kier alpha value is -3.18. The zero-order chi connectivity index (χ0) is 19.9. The Balaban J connectivity index is 1.44. The number of rotatable bonds is 8. The van der Waals surface area contributed by atoms with E-state index in [2.05, 4.69) is 11.4 Å². The number of amides is 1. The van der Waals surface area contributed by atoms with Crippen molar-refractivity contribution < 1.29 is 9.21 Å². The molecule has 5 heteroatoms. The van der Waals surface area contributed by atoms with E-state index in [1.54, 1.807) is 11.3 Å². The average Bonchev–Trinajstić information content (AvgIpc) is 3.44. The Bertz CT molecular complexity index is 984. The van der Waals surface area contributed by atoms with Crippen molar-refractivity contribution in [1.29, 1.82) is 0 Å². The van der Waals surface area contributed by atoms with E-state index in [0.717, 1.165) is 29.0 Å². The van der Waals surface area contributed by atoms with Crippen LogP contribution in [0.5, 0.6) is 0 Å². The second-order valence-corrected chi connectivity index (χ2v) is 7.73. The molecule has 2 heterocycles. The molecule has 0 saturated carbocycles. The van der Waals surface area contributed by atoms with Crippen molar-refractivity contribution in [2.75, 3.05) is 6.54 Å². The number of carbonyl (C=O) groups is 1. The molecule has 4 rings (SSSR count). The molecule has 1 amide bonds. The van der Waals surface area contributed by atoms with Gasteiger partial charge in [0, 0.05) is 35.4 Å². The summed E-state index contributed by atoms with van der Waals surface area (Å²) in [6.07, 6.45) is 1.68. The Morgan fingerprint density at radius 2 is 1.62 bits per heavy atom. The van der Waals surface area contributed by atoms with E-state index in [0.29, 0.717) is 25.3 Å². The molecular weight excluding hydrogens is 380 g/mol. The second-order valence-electron chi connectivity index (χ2n) is 6.70. The molecule has 4 nitrogen and oxygen atoms in total. The van der Waals surface area contributed by atoms with E-state index in [1.165, 1.54) is 4.88 Å². The molecule has 146 valence electrons. The maximum atomic E-state index is 12.2. The first-order chi connectivity index (χ1) is 14.3. The molecule has 2 aromatic carbocycles. The van der Waals surface area contributed by atoms with E-state index in [4.69, 9.17) is 9.40 Å². The van der Waals surface area contributed by atoms with Gasteiger partial charge in [-0.3, -0.25) is 4.79 Å². The van der Waals surface area contributed by atoms with Gasteiger partial charge >= 0.3 is 0 Å². The largest absolute Gasteiger partial charge is 0.440 e. The van der Waals surface area contributed by atoms with Crippen LogP contribution in [0.2, 0.25) is 0 Å². The van der Waals surface area contributed by atoms with E-state index in [1.807, 2.05) is 72.1 Å². The maximum absolute atomic E-state index is 12.2. The van der Waals surface area contributed by atoms with Crippen LogP contribution in [-0.2, 0) is 17.6 Å². The van der Waals surface area contributed by atoms with Gasteiger partial charge in [0.15, 0.2) is 11.7 Å². The molecule has 4 aromatic rings. The Morgan fingerprint density at radius 3 is 2.31 bits per heavy atom. The smallest absolute Gasteiger partial charge is 0.220 e. The summed E-state index contributed by atoms with van der Waals surface area (Å²) in [5.74, 6) is 1.34. The van der Waals surface area contributed by atoms with Gasteiger partial charge in [-0.2, -0.15) is 0 Å². The third-order valence-corrected chi connectivity index (χ3v) is 5.53. The van der Waals surface area contributed by atoms with E-state index >= 15 is 0 Å². The summed E-state index contributed by atoms with van der Waals surface area (Å²) < 4.78 is 6.08. The molecule has 0 atom stereocenters. The molecule has 0 spiro atoms. The minimum absolute atomic E-state index is 0.0160. The number of aromatic nitrogens is 1. The highest BCUT2D eigenvalue weighted by molar-refractivity contribution is 7.09. The van der Waals surface area contributed by atoms with Gasteiger partial charge in [-0.25, -0.2) is 4.98 Å². The lowest BCUT2D eigenvalue weighted by molar-refractivity contribution is -0.121. The normalized spacial score (nSPS) is 10.8. The Labute approximate surface area is 174 Å². The number of oxazole rings is 1. The van der Waals surface area contributed by atoms with E-state index < -0.39 is 0 Å². The average molecular weight is 403 g/mol. The van der Waals surface area contributed by atoms with Gasteiger partial charge in [0.2, 0.25) is 5.91 Å². The SMILES string of the molecule is O=C(CCc1nc(-c2ccccc2)c(-c2ccccc2)o1)NCCc1cccs1. The van der Waals surface area contributed by atoms with Crippen molar-refractivity contribution in [2.24, 2.45) is 0 Å². The van der Waals surface area contributed by atoms with Crippen LogP contribution in [0.1, 0.15) is 17.2 Å². The van der Waals surface area contributed by atoms with Gasteiger partial charge in [0.05, 0.1) is 0 Å². The summed E-state index contributed by atoms with van der Waals surface area (Å²) in [7, 11) is 0. The topological polar surface area (TPSA) is 55.1 Å². The molecule has 0 aliphatic rings. The molecule has 0 aliphatic carbocycles. The summed E-state index contributed by atoms with van der Waals surface area (Å²) in [5.41, 5.74) is 2.79. The molecule has 1 N–H and O–H groups in total. The molecule has 0 bridgehead atoms. The lowest BCUT2D eigenvalue weighted by atomic mass is 10.1. The predicted molar refractivity (Wildman–Crippen MR) is 117 cm³/mol. The first kappa shape index (κ1) is 19.2. The lowest BCUT2D eigenvalue weighted by Crippen LogP contribution is -2.25. The maximum Gasteiger partial charge on any atom is 0.220 e. The van der Waals surface area contributed by atoms with Crippen LogP contribution >= 0.6 is 11.3 Å². The first-order valence-corrected chi connectivity index (χ1v) is 10.6.